The molecule has 2 aromatic carbocycles. The average Bonchev–Trinajstić information content (AvgIpc) is 2.87. The quantitative estimate of drug-likeness (QED) is 0.572. The molecule has 0 aliphatic carbocycles. The summed E-state index contributed by atoms with van der Waals surface area (Å²) < 4.78 is 0. The number of carbonyl (C=O) groups excluding carboxylic acids is 2. The maximum absolute atomic E-state index is 12.9. The number of fused-ring (bicyclic) bond motifs is 1. The summed E-state index contributed by atoms with van der Waals surface area (Å²) in [6, 6.07) is 12.3. The minimum Gasteiger partial charge on any atom is -0.317 e. The van der Waals surface area contributed by atoms with Crippen LogP contribution in [0.15, 0.2) is 47.6 Å². The summed E-state index contributed by atoms with van der Waals surface area (Å²) in [7, 11) is 0. The van der Waals surface area contributed by atoms with Crippen molar-refractivity contribution in [3.63, 3.8) is 0 Å². The van der Waals surface area contributed by atoms with Crippen molar-refractivity contribution in [2.75, 3.05) is 4.90 Å². The second kappa shape index (κ2) is 7.48. The molecule has 0 aromatic heterocycles. The van der Waals surface area contributed by atoms with E-state index in [2.05, 4.69) is 5.16 Å². The number of halogens is 2. The smallest absolute Gasteiger partial charge is 0.317 e. The number of para-hydroxylation sites is 1. The Morgan fingerprint density at radius 1 is 1.19 bits per heavy atom. The number of rotatable bonds is 4. The molecule has 0 N–H and O–H groups in total. The Balaban J connectivity index is 1.94. The molecule has 0 radical (unpaired) electrons. The first kappa shape index (κ1) is 18.4. The number of hydrogen-bond acceptors (Lipinski definition) is 4. The monoisotopic (exact) mass is 390 g/mol. The van der Waals surface area contributed by atoms with Gasteiger partial charge in [-0.3, -0.25) is 4.79 Å². The Morgan fingerprint density at radius 3 is 2.62 bits per heavy atom. The second-order valence-corrected chi connectivity index (χ2v) is 6.99. The number of nitrogens with zero attached hydrogens (tertiary/aromatic N) is 2. The first-order valence-corrected chi connectivity index (χ1v) is 8.78. The zero-order chi connectivity index (χ0) is 18.8. The van der Waals surface area contributed by atoms with Crippen LogP contribution in [0.5, 0.6) is 0 Å². The van der Waals surface area contributed by atoms with Gasteiger partial charge in [-0.05, 0) is 23.8 Å². The summed E-state index contributed by atoms with van der Waals surface area (Å²) >= 11 is 12.2. The third-order valence-corrected chi connectivity index (χ3v) is 4.53. The highest BCUT2D eigenvalue weighted by atomic mass is 35.5. The van der Waals surface area contributed by atoms with Gasteiger partial charge in [-0.2, -0.15) is 0 Å². The van der Waals surface area contributed by atoms with E-state index in [1.54, 1.807) is 49.1 Å². The van der Waals surface area contributed by atoms with E-state index in [0.29, 0.717) is 21.3 Å². The second-order valence-electron chi connectivity index (χ2n) is 6.15. The summed E-state index contributed by atoms with van der Waals surface area (Å²) in [5, 5.41) is 4.81. The molecule has 0 spiro atoms. The summed E-state index contributed by atoms with van der Waals surface area (Å²) in [5.41, 5.74) is 2.14. The molecule has 1 heterocycles. The SMILES string of the molecule is CC(C)C(=O)O/N=C1\C(=O)N(Cc2ccc(Cl)cc2Cl)c2ccccc21. The van der Waals surface area contributed by atoms with E-state index in [-0.39, 0.29) is 24.1 Å². The lowest BCUT2D eigenvalue weighted by molar-refractivity contribution is -0.147. The van der Waals surface area contributed by atoms with E-state index >= 15 is 0 Å². The van der Waals surface area contributed by atoms with Gasteiger partial charge in [0.1, 0.15) is 0 Å². The molecule has 3 rings (SSSR count). The van der Waals surface area contributed by atoms with Crippen LogP contribution in [-0.4, -0.2) is 17.6 Å². The fourth-order valence-electron chi connectivity index (χ4n) is 2.52. The van der Waals surface area contributed by atoms with Crippen LogP contribution in [0.1, 0.15) is 25.0 Å². The van der Waals surface area contributed by atoms with Crippen molar-refractivity contribution >= 4 is 46.5 Å². The number of oxime groups is 1. The van der Waals surface area contributed by atoms with Crippen molar-refractivity contribution in [2.45, 2.75) is 20.4 Å². The maximum Gasteiger partial charge on any atom is 0.337 e. The number of hydrogen-bond donors (Lipinski definition) is 0. The fraction of sp³-hybridized carbons (Fsp3) is 0.211. The predicted molar refractivity (Wildman–Crippen MR) is 102 cm³/mol. The van der Waals surface area contributed by atoms with Gasteiger partial charge in [-0.15, -0.1) is 0 Å². The predicted octanol–water partition coefficient (Wildman–Crippen LogP) is 4.44. The van der Waals surface area contributed by atoms with Gasteiger partial charge < -0.3 is 9.74 Å². The minimum absolute atomic E-state index is 0.0969. The molecule has 1 aliphatic heterocycles. The Labute approximate surface area is 161 Å². The van der Waals surface area contributed by atoms with Gasteiger partial charge in [0.15, 0.2) is 5.71 Å². The Kier molecular flexibility index (Phi) is 5.30. The van der Waals surface area contributed by atoms with E-state index in [1.165, 1.54) is 0 Å². The van der Waals surface area contributed by atoms with Crippen molar-refractivity contribution in [2.24, 2.45) is 11.1 Å². The molecular formula is C19H16Cl2N2O3. The lowest BCUT2D eigenvalue weighted by Crippen LogP contribution is -2.30. The number of amides is 1. The van der Waals surface area contributed by atoms with Crippen LogP contribution in [0.3, 0.4) is 0 Å². The molecule has 7 heteroatoms. The molecule has 2 aromatic rings. The third-order valence-electron chi connectivity index (χ3n) is 3.94. The van der Waals surface area contributed by atoms with Crippen LogP contribution < -0.4 is 4.90 Å². The molecule has 134 valence electrons. The molecule has 0 fully saturated rings. The van der Waals surface area contributed by atoms with Crippen LogP contribution in [0.4, 0.5) is 5.69 Å². The van der Waals surface area contributed by atoms with E-state index in [4.69, 9.17) is 28.0 Å². The van der Waals surface area contributed by atoms with Crippen LogP contribution >= 0.6 is 23.2 Å². The van der Waals surface area contributed by atoms with E-state index < -0.39 is 5.97 Å². The van der Waals surface area contributed by atoms with E-state index in [9.17, 15) is 9.59 Å². The van der Waals surface area contributed by atoms with E-state index in [0.717, 1.165) is 5.56 Å². The molecule has 0 bridgehead atoms. The highest BCUT2D eigenvalue weighted by Gasteiger charge is 2.35. The number of benzene rings is 2. The topological polar surface area (TPSA) is 59.0 Å². The fourth-order valence-corrected chi connectivity index (χ4v) is 2.99. The molecule has 1 aliphatic rings. The normalized spacial score (nSPS) is 14.9. The summed E-state index contributed by atoms with van der Waals surface area (Å²) in [6.45, 7) is 3.65. The molecule has 1 amide bonds. The Morgan fingerprint density at radius 2 is 1.92 bits per heavy atom. The van der Waals surface area contributed by atoms with E-state index in [1.807, 2.05) is 12.1 Å². The highest BCUT2D eigenvalue weighted by molar-refractivity contribution is 6.54. The first-order chi connectivity index (χ1) is 12.4. The van der Waals surface area contributed by atoms with Crippen LogP contribution in [0, 0.1) is 5.92 Å². The van der Waals surface area contributed by atoms with Gasteiger partial charge in [0.05, 0.1) is 18.2 Å². The Bertz CT molecular complexity index is 909. The third kappa shape index (κ3) is 3.59. The zero-order valence-electron chi connectivity index (χ0n) is 14.2. The first-order valence-electron chi connectivity index (χ1n) is 8.02. The largest absolute Gasteiger partial charge is 0.337 e. The van der Waals surface area contributed by atoms with Crippen molar-refractivity contribution in [1.29, 1.82) is 0 Å². The minimum atomic E-state index is -0.498. The summed E-state index contributed by atoms with van der Waals surface area (Å²) in [4.78, 5) is 31.0. The lowest BCUT2D eigenvalue weighted by Gasteiger charge is -2.17. The van der Waals surface area contributed by atoms with Gasteiger partial charge in [0, 0.05) is 15.6 Å². The lowest BCUT2D eigenvalue weighted by atomic mass is 10.1. The summed E-state index contributed by atoms with van der Waals surface area (Å²) in [5.74, 6) is -1.19. The van der Waals surface area contributed by atoms with Crippen molar-refractivity contribution in [1.82, 2.24) is 0 Å². The van der Waals surface area contributed by atoms with Gasteiger partial charge >= 0.3 is 5.97 Å². The molecule has 5 nitrogen and oxygen atoms in total. The average molecular weight is 391 g/mol. The van der Waals surface area contributed by atoms with Gasteiger partial charge in [-0.1, -0.05) is 66.5 Å². The standard InChI is InChI=1S/C19H16Cl2N2O3/c1-11(2)19(25)26-22-17-14-5-3-4-6-16(14)23(18(17)24)10-12-7-8-13(20)9-15(12)21/h3-9,11H,10H2,1-2H3/b22-17-. The molecule has 0 unspecified atom stereocenters. The summed E-state index contributed by atoms with van der Waals surface area (Å²) in [6.07, 6.45) is 0. The van der Waals surface area contributed by atoms with Crippen LogP contribution in [-0.2, 0) is 21.0 Å². The molecule has 26 heavy (non-hydrogen) atoms. The number of anilines is 1. The molecule has 0 saturated carbocycles. The highest BCUT2D eigenvalue weighted by Crippen LogP contribution is 2.32. The van der Waals surface area contributed by atoms with Gasteiger partial charge in [-0.25, -0.2) is 4.79 Å². The molecule has 0 saturated heterocycles. The van der Waals surface area contributed by atoms with Crippen molar-refractivity contribution in [3.8, 4) is 0 Å². The zero-order valence-corrected chi connectivity index (χ0v) is 15.7. The van der Waals surface area contributed by atoms with Crippen LogP contribution in [0.2, 0.25) is 10.0 Å². The molecule has 0 atom stereocenters. The number of carbonyl (C=O) groups is 2. The van der Waals surface area contributed by atoms with Crippen LogP contribution in [0.25, 0.3) is 0 Å². The maximum atomic E-state index is 12.9. The van der Waals surface area contributed by atoms with Crippen molar-refractivity contribution < 1.29 is 14.4 Å². The van der Waals surface area contributed by atoms with Gasteiger partial charge in [0.25, 0.3) is 5.91 Å². The molecular weight excluding hydrogens is 375 g/mol. The van der Waals surface area contributed by atoms with Gasteiger partial charge in [0.2, 0.25) is 0 Å². The van der Waals surface area contributed by atoms with Crippen molar-refractivity contribution in [3.05, 3.63) is 63.6 Å². The Hall–Kier alpha value is -2.37.